The van der Waals surface area contributed by atoms with Crippen molar-refractivity contribution in [3.05, 3.63) is 82.3 Å². The molecule has 1 aliphatic carbocycles. The maximum absolute atomic E-state index is 12.4. The molecule has 0 fully saturated rings. The smallest absolute Gasteiger partial charge is 0.431 e. The summed E-state index contributed by atoms with van der Waals surface area (Å²) in [5.74, 6) is -0.333. The van der Waals surface area contributed by atoms with Gasteiger partial charge in [-0.05, 0) is 48.2 Å². The number of carbonyl (C=O) groups is 2. The molecule has 1 aliphatic rings. The Kier molecular flexibility index (Phi) is 7.07. The monoisotopic (exact) mass is 460 g/mol. The second kappa shape index (κ2) is 10.5. The molecule has 166 valence electrons. The largest absolute Gasteiger partial charge is 0.508 e. The first-order chi connectivity index (χ1) is 16.1. The van der Waals surface area contributed by atoms with Crippen molar-refractivity contribution in [3.63, 3.8) is 0 Å². The number of pyridine rings is 2. The number of nitriles is 1. The first-order valence-corrected chi connectivity index (χ1v) is 11.1. The van der Waals surface area contributed by atoms with Crippen molar-refractivity contribution in [2.75, 3.05) is 5.32 Å². The molecule has 3 heterocycles. The highest BCUT2D eigenvalue weighted by Crippen LogP contribution is 2.38. The molecule has 1 unspecified atom stereocenters. The quantitative estimate of drug-likeness (QED) is 0.431. The number of thiophene rings is 1. The first kappa shape index (κ1) is 22.2. The summed E-state index contributed by atoms with van der Waals surface area (Å²) in [7, 11) is 0. The average molecular weight is 461 g/mol. The van der Waals surface area contributed by atoms with E-state index in [2.05, 4.69) is 21.4 Å². The van der Waals surface area contributed by atoms with Crippen LogP contribution in [0.25, 0.3) is 6.08 Å². The molecule has 3 aromatic rings. The Balaban J connectivity index is 1.36. The van der Waals surface area contributed by atoms with Crippen molar-refractivity contribution in [2.24, 2.45) is 0 Å². The van der Waals surface area contributed by atoms with E-state index < -0.39 is 6.16 Å². The van der Waals surface area contributed by atoms with Gasteiger partial charge in [0.1, 0.15) is 23.8 Å². The Morgan fingerprint density at radius 3 is 2.94 bits per heavy atom. The molecule has 1 atom stereocenters. The second-order valence-electron chi connectivity index (χ2n) is 7.27. The Bertz CT molecular complexity index is 1200. The fourth-order valence-corrected chi connectivity index (χ4v) is 4.71. The lowest BCUT2D eigenvalue weighted by atomic mass is 9.94. The summed E-state index contributed by atoms with van der Waals surface area (Å²) in [4.78, 5) is 33.4. The number of hydrogen-bond donors (Lipinski definition) is 1. The summed E-state index contributed by atoms with van der Waals surface area (Å²) in [5.41, 5.74) is 2.80. The third-order valence-electron chi connectivity index (χ3n) is 5.01. The molecule has 0 bridgehead atoms. The van der Waals surface area contributed by atoms with E-state index in [9.17, 15) is 14.9 Å². The minimum absolute atomic E-state index is 0.0397. The van der Waals surface area contributed by atoms with Crippen molar-refractivity contribution in [1.29, 1.82) is 5.26 Å². The minimum Gasteiger partial charge on any atom is -0.431 e. The van der Waals surface area contributed by atoms with Gasteiger partial charge in [0.15, 0.2) is 0 Å². The lowest BCUT2D eigenvalue weighted by Crippen LogP contribution is -2.25. The van der Waals surface area contributed by atoms with Gasteiger partial charge in [-0.1, -0.05) is 12.1 Å². The molecular formula is C24H20N4O4S. The minimum atomic E-state index is -0.750. The second-order valence-corrected chi connectivity index (χ2v) is 8.38. The fourth-order valence-electron chi connectivity index (χ4n) is 3.45. The van der Waals surface area contributed by atoms with Crippen LogP contribution in [0.2, 0.25) is 0 Å². The molecular weight excluding hydrogens is 440 g/mol. The standard InChI is InChI=1S/C24H20N4O4S/c25-13-20-19-8-7-18(32-24(30)31-15-17-5-1-2-11-27-17)12-21(19)33-23(20)28-22(29)9-6-16-4-3-10-26-14-16/h1-6,9-11,14,18H,7-8,12,15H2,(H,28,29). The van der Waals surface area contributed by atoms with Crippen molar-refractivity contribution in [1.82, 2.24) is 9.97 Å². The summed E-state index contributed by atoms with van der Waals surface area (Å²) in [6.07, 6.45) is 8.51. The SMILES string of the molecule is N#Cc1c(NC(=O)C=Cc2cccnc2)sc2c1CCC(OC(=O)OCc1ccccn1)C2. The van der Waals surface area contributed by atoms with E-state index in [1.807, 2.05) is 12.1 Å². The van der Waals surface area contributed by atoms with Gasteiger partial charge < -0.3 is 14.8 Å². The van der Waals surface area contributed by atoms with Crippen LogP contribution in [0, 0.1) is 11.3 Å². The fraction of sp³-hybridized carbons (Fsp3) is 0.208. The van der Waals surface area contributed by atoms with E-state index in [4.69, 9.17) is 9.47 Å². The maximum Gasteiger partial charge on any atom is 0.508 e. The van der Waals surface area contributed by atoms with E-state index in [1.54, 1.807) is 42.9 Å². The zero-order chi connectivity index (χ0) is 23.0. The van der Waals surface area contributed by atoms with Crippen LogP contribution in [-0.4, -0.2) is 28.1 Å². The van der Waals surface area contributed by atoms with Crippen molar-refractivity contribution >= 4 is 34.5 Å². The number of fused-ring (bicyclic) bond motifs is 1. The highest BCUT2D eigenvalue weighted by molar-refractivity contribution is 7.16. The lowest BCUT2D eigenvalue weighted by Gasteiger charge is -2.21. The summed E-state index contributed by atoms with van der Waals surface area (Å²) < 4.78 is 10.6. The molecule has 0 radical (unpaired) electrons. The third-order valence-corrected chi connectivity index (χ3v) is 6.18. The van der Waals surface area contributed by atoms with Crippen LogP contribution in [-0.2, 0) is 33.7 Å². The van der Waals surface area contributed by atoms with Crippen LogP contribution in [0.4, 0.5) is 9.80 Å². The summed E-state index contributed by atoms with van der Waals surface area (Å²) in [6, 6.07) is 11.2. The van der Waals surface area contributed by atoms with Crippen LogP contribution in [0.3, 0.4) is 0 Å². The van der Waals surface area contributed by atoms with Crippen LogP contribution >= 0.6 is 11.3 Å². The highest BCUT2D eigenvalue weighted by atomic mass is 32.1. The van der Waals surface area contributed by atoms with Gasteiger partial charge in [0, 0.05) is 36.0 Å². The number of carbonyl (C=O) groups excluding carboxylic acids is 2. The number of nitrogens with one attached hydrogen (secondary N) is 1. The lowest BCUT2D eigenvalue weighted by molar-refractivity contribution is -0.111. The van der Waals surface area contributed by atoms with E-state index in [1.165, 1.54) is 17.4 Å². The van der Waals surface area contributed by atoms with Gasteiger partial charge in [0.05, 0.1) is 11.3 Å². The van der Waals surface area contributed by atoms with Gasteiger partial charge in [-0.25, -0.2) is 4.79 Å². The summed E-state index contributed by atoms with van der Waals surface area (Å²) in [6.45, 7) is 0.0397. The zero-order valence-corrected chi connectivity index (χ0v) is 18.4. The topological polar surface area (TPSA) is 114 Å². The number of anilines is 1. The first-order valence-electron chi connectivity index (χ1n) is 10.3. The number of rotatable bonds is 6. The Morgan fingerprint density at radius 2 is 2.18 bits per heavy atom. The molecule has 3 aromatic heterocycles. The van der Waals surface area contributed by atoms with Crippen LogP contribution in [0.1, 0.15) is 33.7 Å². The van der Waals surface area contributed by atoms with Crippen LogP contribution in [0.5, 0.6) is 0 Å². The molecule has 0 spiro atoms. The Morgan fingerprint density at radius 1 is 1.27 bits per heavy atom. The van der Waals surface area contributed by atoms with E-state index in [-0.39, 0.29) is 18.6 Å². The number of nitrogens with zero attached hydrogens (tertiary/aromatic N) is 3. The molecule has 9 heteroatoms. The molecule has 0 saturated heterocycles. The Labute approximate surface area is 194 Å². The number of ether oxygens (including phenoxy) is 2. The van der Waals surface area contributed by atoms with Gasteiger partial charge >= 0.3 is 6.16 Å². The van der Waals surface area contributed by atoms with Gasteiger partial charge in [0.2, 0.25) is 5.91 Å². The van der Waals surface area contributed by atoms with Crippen LogP contribution < -0.4 is 5.32 Å². The number of amides is 1. The van der Waals surface area contributed by atoms with Gasteiger partial charge in [-0.3, -0.25) is 14.8 Å². The molecule has 0 aliphatic heterocycles. The van der Waals surface area contributed by atoms with Gasteiger partial charge in [-0.2, -0.15) is 5.26 Å². The number of aromatic nitrogens is 2. The molecule has 4 rings (SSSR count). The van der Waals surface area contributed by atoms with Crippen molar-refractivity contribution in [2.45, 2.75) is 32.0 Å². The molecule has 0 aromatic carbocycles. The molecule has 8 nitrogen and oxygen atoms in total. The van der Waals surface area contributed by atoms with E-state index in [0.29, 0.717) is 35.5 Å². The van der Waals surface area contributed by atoms with Gasteiger partial charge in [-0.15, -0.1) is 11.3 Å². The van der Waals surface area contributed by atoms with Crippen LogP contribution in [0.15, 0.2) is 55.0 Å². The molecule has 1 amide bonds. The Hall–Kier alpha value is -4.03. The number of hydrogen-bond acceptors (Lipinski definition) is 8. The predicted molar refractivity (Wildman–Crippen MR) is 122 cm³/mol. The average Bonchev–Trinajstić information content (AvgIpc) is 3.18. The zero-order valence-electron chi connectivity index (χ0n) is 17.6. The van der Waals surface area contributed by atoms with Gasteiger partial charge in [0.25, 0.3) is 0 Å². The van der Waals surface area contributed by atoms with Crippen molar-refractivity contribution < 1.29 is 19.1 Å². The third kappa shape index (κ3) is 5.81. The van der Waals surface area contributed by atoms with Crippen molar-refractivity contribution in [3.8, 4) is 6.07 Å². The predicted octanol–water partition coefficient (Wildman–Crippen LogP) is 4.27. The molecule has 0 saturated carbocycles. The highest BCUT2D eigenvalue weighted by Gasteiger charge is 2.28. The maximum atomic E-state index is 12.4. The normalized spacial score (nSPS) is 14.8. The van der Waals surface area contributed by atoms with E-state index >= 15 is 0 Å². The molecule has 33 heavy (non-hydrogen) atoms. The summed E-state index contributed by atoms with van der Waals surface area (Å²) in [5, 5.41) is 12.9. The summed E-state index contributed by atoms with van der Waals surface area (Å²) >= 11 is 1.33. The molecule has 1 N–H and O–H groups in total. The van der Waals surface area contributed by atoms with E-state index in [0.717, 1.165) is 16.0 Å².